The first-order valence-electron chi connectivity index (χ1n) is 9.49. The van der Waals surface area contributed by atoms with Crippen LogP contribution in [0.3, 0.4) is 0 Å². The average molecular weight is 366 g/mol. The van der Waals surface area contributed by atoms with Gasteiger partial charge in [-0.25, -0.2) is 0 Å². The van der Waals surface area contributed by atoms with Gasteiger partial charge in [0, 0.05) is 31.6 Å². The minimum atomic E-state index is -0.481. The van der Waals surface area contributed by atoms with E-state index >= 15 is 0 Å². The fourth-order valence-electron chi connectivity index (χ4n) is 3.27. The van der Waals surface area contributed by atoms with E-state index < -0.39 is 6.10 Å². The number of nitrogens with zero attached hydrogens (tertiary/aromatic N) is 1. The topological polar surface area (TPSA) is 69.6 Å². The fraction of sp³-hybridized carbons (Fsp3) is 0.364. The van der Waals surface area contributed by atoms with Crippen LogP contribution in [0.15, 0.2) is 48.5 Å². The van der Waals surface area contributed by atoms with E-state index in [1.165, 1.54) is 0 Å². The monoisotopic (exact) mass is 366 g/mol. The Morgan fingerprint density at radius 3 is 2.30 bits per heavy atom. The van der Waals surface area contributed by atoms with Gasteiger partial charge in [-0.3, -0.25) is 9.59 Å². The molecule has 5 heteroatoms. The van der Waals surface area contributed by atoms with Gasteiger partial charge in [0.05, 0.1) is 6.10 Å². The largest absolute Gasteiger partial charge is 0.389 e. The molecule has 2 aromatic rings. The Balaban J connectivity index is 1.54. The number of carbonyl (C=O) groups is 2. The van der Waals surface area contributed by atoms with Crippen molar-refractivity contribution >= 4 is 11.8 Å². The van der Waals surface area contributed by atoms with Crippen LogP contribution in [0.5, 0.6) is 0 Å². The highest BCUT2D eigenvalue weighted by atomic mass is 16.3. The lowest BCUT2D eigenvalue weighted by Crippen LogP contribution is -2.41. The number of aliphatic hydroxyl groups is 1. The van der Waals surface area contributed by atoms with Crippen molar-refractivity contribution in [2.75, 3.05) is 19.6 Å². The molecule has 1 atom stereocenters. The van der Waals surface area contributed by atoms with Crippen LogP contribution in [0.2, 0.25) is 0 Å². The summed E-state index contributed by atoms with van der Waals surface area (Å²) in [5.74, 6) is 0.0527. The average Bonchev–Trinajstić information content (AvgIpc) is 2.69. The van der Waals surface area contributed by atoms with Crippen LogP contribution in [0.1, 0.15) is 48.2 Å². The van der Waals surface area contributed by atoms with Gasteiger partial charge >= 0.3 is 0 Å². The van der Waals surface area contributed by atoms with Crippen molar-refractivity contribution in [3.05, 3.63) is 59.7 Å². The van der Waals surface area contributed by atoms with Gasteiger partial charge in [-0.15, -0.1) is 0 Å². The third-order valence-electron chi connectivity index (χ3n) is 4.96. The highest BCUT2D eigenvalue weighted by molar-refractivity contribution is 5.94. The van der Waals surface area contributed by atoms with E-state index in [9.17, 15) is 14.7 Å². The number of rotatable bonds is 6. The maximum atomic E-state index is 12.3. The highest BCUT2D eigenvalue weighted by Gasteiger charge is 2.17. The van der Waals surface area contributed by atoms with E-state index in [0.29, 0.717) is 25.1 Å². The van der Waals surface area contributed by atoms with Crippen molar-refractivity contribution in [1.29, 1.82) is 0 Å². The zero-order valence-corrected chi connectivity index (χ0v) is 15.6. The standard InChI is InChI=1S/C22H26N2O3/c1-16(25)17-5-7-18(8-6-17)19-9-11-20(12-10-19)22(27)23-13-15-24-14-3-2-4-21(24)26/h5-12,16,25H,2-4,13-15H2,1H3,(H,23,27)/t16-/m0/s1. The van der Waals surface area contributed by atoms with Crippen LogP contribution in [-0.2, 0) is 4.79 Å². The summed E-state index contributed by atoms with van der Waals surface area (Å²) in [7, 11) is 0. The van der Waals surface area contributed by atoms with Crippen LogP contribution < -0.4 is 5.32 Å². The molecule has 0 radical (unpaired) electrons. The first-order valence-corrected chi connectivity index (χ1v) is 9.49. The molecule has 1 aliphatic heterocycles. The first kappa shape index (κ1) is 19.1. The van der Waals surface area contributed by atoms with Gasteiger partial charge in [-0.1, -0.05) is 36.4 Å². The van der Waals surface area contributed by atoms with Gasteiger partial charge < -0.3 is 15.3 Å². The van der Waals surface area contributed by atoms with E-state index in [4.69, 9.17) is 0 Å². The van der Waals surface area contributed by atoms with Crippen LogP contribution in [0.25, 0.3) is 11.1 Å². The molecule has 0 unspecified atom stereocenters. The van der Waals surface area contributed by atoms with Gasteiger partial charge in [0.15, 0.2) is 0 Å². The summed E-state index contributed by atoms with van der Waals surface area (Å²) in [4.78, 5) is 25.9. The Labute approximate surface area is 160 Å². The normalized spacial score (nSPS) is 15.5. The van der Waals surface area contributed by atoms with E-state index in [1.807, 2.05) is 41.3 Å². The molecule has 0 spiro atoms. The van der Waals surface area contributed by atoms with E-state index in [0.717, 1.165) is 36.1 Å². The first-order chi connectivity index (χ1) is 13.0. The zero-order valence-electron chi connectivity index (χ0n) is 15.6. The van der Waals surface area contributed by atoms with Gasteiger partial charge in [-0.2, -0.15) is 0 Å². The molecule has 1 saturated heterocycles. The predicted molar refractivity (Wildman–Crippen MR) is 105 cm³/mol. The summed E-state index contributed by atoms with van der Waals surface area (Å²) in [5, 5.41) is 12.5. The Bertz CT molecular complexity index is 782. The van der Waals surface area contributed by atoms with Crippen molar-refractivity contribution in [3.63, 3.8) is 0 Å². The number of aliphatic hydroxyl groups excluding tert-OH is 1. The summed E-state index contributed by atoms with van der Waals surface area (Å²) < 4.78 is 0. The van der Waals surface area contributed by atoms with Gasteiger partial charge in [0.1, 0.15) is 0 Å². The number of likely N-dealkylation sites (tertiary alicyclic amines) is 1. The molecule has 0 saturated carbocycles. The molecule has 0 bridgehead atoms. The smallest absolute Gasteiger partial charge is 0.251 e. The zero-order chi connectivity index (χ0) is 19.2. The number of hydrogen-bond acceptors (Lipinski definition) is 3. The number of amides is 2. The molecule has 5 nitrogen and oxygen atoms in total. The molecule has 2 aromatic carbocycles. The number of benzene rings is 2. The molecule has 27 heavy (non-hydrogen) atoms. The molecule has 1 heterocycles. The molecular weight excluding hydrogens is 340 g/mol. The summed E-state index contributed by atoms with van der Waals surface area (Å²) >= 11 is 0. The summed E-state index contributed by atoms with van der Waals surface area (Å²) in [6.45, 7) is 3.56. The molecule has 2 amide bonds. The molecule has 0 aromatic heterocycles. The quantitative estimate of drug-likeness (QED) is 0.825. The number of nitrogens with one attached hydrogen (secondary N) is 1. The highest BCUT2D eigenvalue weighted by Crippen LogP contribution is 2.22. The van der Waals surface area contributed by atoms with Crippen molar-refractivity contribution in [3.8, 4) is 11.1 Å². The van der Waals surface area contributed by atoms with Crippen LogP contribution in [0, 0.1) is 0 Å². The lowest BCUT2D eigenvalue weighted by atomic mass is 10.0. The van der Waals surface area contributed by atoms with E-state index in [1.54, 1.807) is 19.1 Å². The van der Waals surface area contributed by atoms with E-state index in [-0.39, 0.29) is 11.8 Å². The summed E-state index contributed by atoms with van der Waals surface area (Å²) in [6, 6.07) is 15.2. The predicted octanol–water partition coefficient (Wildman–Crippen LogP) is 3.15. The molecular formula is C22H26N2O3. The fourth-order valence-corrected chi connectivity index (χ4v) is 3.27. The van der Waals surface area contributed by atoms with Crippen molar-refractivity contribution < 1.29 is 14.7 Å². The number of hydrogen-bond donors (Lipinski definition) is 2. The molecule has 2 N–H and O–H groups in total. The van der Waals surface area contributed by atoms with Crippen molar-refractivity contribution in [2.24, 2.45) is 0 Å². The third-order valence-corrected chi connectivity index (χ3v) is 4.96. The van der Waals surface area contributed by atoms with Gasteiger partial charge in [0.2, 0.25) is 5.91 Å². The SMILES string of the molecule is C[C@H](O)c1ccc(-c2ccc(C(=O)NCCN3CCCCC3=O)cc2)cc1. The minimum absolute atomic E-state index is 0.129. The molecule has 142 valence electrons. The molecule has 1 aliphatic rings. The van der Waals surface area contributed by atoms with Gasteiger partial charge in [0.25, 0.3) is 5.91 Å². The second kappa shape index (κ2) is 8.82. The Morgan fingerprint density at radius 2 is 1.70 bits per heavy atom. The maximum Gasteiger partial charge on any atom is 0.251 e. The Morgan fingerprint density at radius 1 is 1.07 bits per heavy atom. The summed E-state index contributed by atoms with van der Waals surface area (Å²) in [5.41, 5.74) is 3.53. The van der Waals surface area contributed by atoms with Crippen molar-refractivity contribution in [2.45, 2.75) is 32.3 Å². The maximum absolute atomic E-state index is 12.3. The molecule has 1 fully saturated rings. The van der Waals surface area contributed by atoms with Gasteiger partial charge in [-0.05, 0) is 48.6 Å². The van der Waals surface area contributed by atoms with Crippen LogP contribution >= 0.6 is 0 Å². The molecule has 0 aliphatic carbocycles. The molecule has 3 rings (SSSR count). The minimum Gasteiger partial charge on any atom is -0.389 e. The number of carbonyl (C=O) groups excluding carboxylic acids is 2. The third kappa shape index (κ3) is 4.95. The summed E-state index contributed by atoms with van der Waals surface area (Å²) in [6.07, 6.45) is 2.15. The van der Waals surface area contributed by atoms with Crippen LogP contribution in [0.4, 0.5) is 0 Å². The lowest BCUT2D eigenvalue weighted by molar-refractivity contribution is -0.133. The second-order valence-corrected chi connectivity index (χ2v) is 6.97. The number of piperidine rings is 1. The lowest BCUT2D eigenvalue weighted by Gasteiger charge is -2.26. The van der Waals surface area contributed by atoms with Crippen molar-refractivity contribution in [1.82, 2.24) is 10.2 Å². The Kier molecular flexibility index (Phi) is 6.24. The van der Waals surface area contributed by atoms with Crippen LogP contribution in [-0.4, -0.2) is 41.5 Å². The Hall–Kier alpha value is -2.66. The second-order valence-electron chi connectivity index (χ2n) is 6.97. The van der Waals surface area contributed by atoms with E-state index in [2.05, 4.69) is 5.32 Å².